The fourth-order valence-electron chi connectivity index (χ4n) is 2.27. The molecule has 5 nitrogen and oxygen atoms in total. The van der Waals surface area contributed by atoms with Gasteiger partial charge in [-0.25, -0.2) is 15.0 Å². The number of carbonyl (C=O) groups is 1. The van der Waals surface area contributed by atoms with Crippen molar-refractivity contribution in [1.29, 1.82) is 0 Å². The van der Waals surface area contributed by atoms with E-state index in [4.69, 9.17) is 23.2 Å². The zero-order valence-corrected chi connectivity index (χ0v) is 14.9. The number of aldehydes is 1. The lowest BCUT2D eigenvalue weighted by Crippen LogP contribution is -2.06. The largest absolute Gasteiger partial charge is 0.303 e. The lowest BCUT2D eigenvalue weighted by molar-refractivity contribution is -0.107. The van der Waals surface area contributed by atoms with Gasteiger partial charge in [0.05, 0.1) is 15.7 Å². The molecule has 2 aromatic heterocycles. The van der Waals surface area contributed by atoms with Crippen LogP contribution >= 0.6 is 35.0 Å². The quantitative estimate of drug-likeness (QED) is 0.380. The van der Waals surface area contributed by atoms with E-state index in [2.05, 4.69) is 15.0 Å². The van der Waals surface area contributed by atoms with Gasteiger partial charge in [0.15, 0.2) is 5.16 Å². The summed E-state index contributed by atoms with van der Waals surface area (Å²) >= 11 is 13.6. The van der Waals surface area contributed by atoms with E-state index in [0.29, 0.717) is 26.8 Å². The van der Waals surface area contributed by atoms with Crippen molar-refractivity contribution in [3.63, 3.8) is 0 Å². The Morgan fingerprint density at radius 1 is 1.21 bits per heavy atom. The first-order valence-electron chi connectivity index (χ1n) is 6.97. The minimum absolute atomic E-state index is 0.229. The number of carbonyl (C=O) groups excluding carboxylic acids is 1. The second kappa shape index (κ2) is 7.34. The normalized spacial score (nSPS) is 10.8. The molecule has 0 radical (unpaired) electrons. The van der Waals surface area contributed by atoms with E-state index >= 15 is 0 Å². The molecule has 1 aromatic carbocycles. The van der Waals surface area contributed by atoms with Crippen LogP contribution in [0, 0.1) is 0 Å². The first-order valence-corrected chi connectivity index (χ1v) is 8.95. The predicted molar refractivity (Wildman–Crippen MR) is 96.2 cm³/mol. The monoisotopic (exact) mass is 378 g/mol. The van der Waals surface area contributed by atoms with Gasteiger partial charge in [-0.15, -0.1) is 0 Å². The molecule has 0 atom stereocenters. The summed E-state index contributed by atoms with van der Waals surface area (Å²) in [6, 6.07) is 7.06. The molecular weight excluding hydrogens is 367 g/mol. The maximum Gasteiger partial charge on any atom is 0.189 e. The van der Waals surface area contributed by atoms with Gasteiger partial charge < -0.3 is 4.79 Å². The fourth-order valence-corrected chi connectivity index (χ4v) is 2.91. The highest BCUT2D eigenvalue weighted by atomic mass is 35.5. The number of imidazole rings is 1. The Labute approximate surface area is 153 Å². The molecule has 0 aliphatic heterocycles. The standard InChI is InChI=1S/C16H12Cl2N4OS/c1-24-16-19-6-4-14(21-16)22-11(5-7-23)9-20-15(22)10-2-3-12(17)13(18)8-10/h2-4,6-9H,5H2,1H3. The minimum Gasteiger partial charge on any atom is -0.303 e. The third kappa shape index (κ3) is 3.31. The molecule has 0 N–H and O–H groups in total. The highest BCUT2D eigenvalue weighted by Gasteiger charge is 2.16. The number of hydrogen-bond acceptors (Lipinski definition) is 5. The molecule has 0 bridgehead atoms. The number of hydrogen-bond donors (Lipinski definition) is 0. The number of nitrogens with zero attached hydrogens (tertiary/aromatic N) is 4. The topological polar surface area (TPSA) is 60.7 Å². The molecular formula is C16H12Cl2N4OS. The summed E-state index contributed by atoms with van der Waals surface area (Å²) in [5, 5.41) is 1.55. The summed E-state index contributed by atoms with van der Waals surface area (Å²) in [6.07, 6.45) is 6.31. The van der Waals surface area contributed by atoms with Crippen molar-refractivity contribution in [2.24, 2.45) is 0 Å². The Morgan fingerprint density at radius 3 is 2.75 bits per heavy atom. The molecule has 0 amide bonds. The molecule has 0 saturated heterocycles. The van der Waals surface area contributed by atoms with Gasteiger partial charge in [0.1, 0.15) is 17.9 Å². The maximum atomic E-state index is 11.0. The van der Waals surface area contributed by atoms with Crippen LogP contribution in [-0.4, -0.2) is 32.1 Å². The molecule has 0 aliphatic carbocycles. The molecule has 122 valence electrons. The van der Waals surface area contributed by atoms with Crippen LogP contribution in [0.1, 0.15) is 5.69 Å². The predicted octanol–water partition coefficient (Wildman–Crippen LogP) is 4.10. The van der Waals surface area contributed by atoms with E-state index in [1.54, 1.807) is 30.6 Å². The van der Waals surface area contributed by atoms with E-state index in [0.717, 1.165) is 17.5 Å². The minimum atomic E-state index is 0.229. The van der Waals surface area contributed by atoms with Crippen LogP contribution in [0.5, 0.6) is 0 Å². The van der Waals surface area contributed by atoms with Crippen LogP contribution in [0.3, 0.4) is 0 Å². The average molecular weight is 379 g/mol. The summed E-state index contributed by atoms with van der Waals surface area (Å²) in [7, 11) is 0. The Morgan fingerprint density at radius 2 is 2.04 bits per heavy atom. The number of halogens is 2. The van der Waals surface area contributed by atoms with Gasteiger partial charge in [-0.2, -0.15) is 0 Å². The van der Waals surface area contributed by atoms with Gasteiger partial charge in [0.2, 0.25) is 0 Å². The van der Waals surface area contributed by atoms with Gasteiger partial charge >= 0.3 is 0 Å². The smallest absolute Gasteiger partial charge is 0.189 e. The summed E-state index contributed by atoms with van der Waals surface area (Å²) in [5.41, 5.74) is 1.52. The molecule has 24 heavy (non-hydrogen) atoms. The SMILES string of the molecule is CSc1nccc(-n2c(CC=O)cnc2-c2ccc(Cl)c(Cl)c2)n1. The van der Waals surface area contributed by atoms with Crippen molar-refractivity contribution in [2.45, 2.75) is 11.6 Å². The van der Waals surface area contributed by atoms with E-state index in [1.165, 1.54) is 11.8 Å². The zero-order valence-electron chi connectivity index (χ0n) is 12.6. The van der Waals surface area contributed by atoms with Crippen molar-refractivity contribution in [3.8, 4) is 17.2 Å². The highest BCUT2D eigenvalue weighted by Crippen LogP contribution is 2.30. The van der Waals surface area contributed by atoms with Gasteiger partial charge in [0.25, 0.3) is 0 Å². The van der Waals surface area contributed by atoms with Crippen molar-refractivity contribution < 1.29 is 4.79 Å². The molecule has 0 saturated carbocycles. The Hall–Kier alpha value is -1.89. The zero-order chi connectivity index (χ0) is 17.1. The van der Waals surface area contributed by atoms with Crippen LogP contribution in [0.4, 0.5) is 0 Å². The van der Waals surface area contributed by atoms with Crippen LogP contribution in [0.15, 0.2) is 41.8 Å². The average Bonchev–Trinajstić information content (AvgIpc) is 3.01. The van der Waals surface area contributed by atoms with E-state index in [-0.39, 0.29) is 6.42 Å². The molecule has 0 unspecified atom stereocenters. The molecule has 3 aromatic rings. The van der Waals surface area contributed by atoms with Crippen molar-refractivity contribution in [1.82, 2.24) is 19.5 Å². The second-order valence-corrected chi connectivity index (χ2v) is 6.40. The van der Waals surface area contributed by atoms with Crippen LogP contribution in [-0.2, 0) is 11.2 Å². The molecule has 2 heterocycles. The number of benzene rings is 1. The Kier molecular flexibility index (Phi) is 5.18. The summed E-state index contributed by atoms with van der Waals surface area (Å²) in [6.45, 7) is 0. The Balaban J connectivity index is 2.20. The van der Waals surface area contributed by atoms with E-state index < -0.39 is 0 Å². The summed E-state index contributed by atoms with van der Waals surface area (Å²) < 4.78 is 1.83. The molecule has 3 rings (SSSR count). The van der Waals surface area contributed by atoms with Gasteiger partial charge in [-0.3, -0.25) is 4.57 Å². The van der Waals surface area contributed by atoms with Gasteiger partial charge in [-0.1, -0.05) is 35.0 Å². The van der Waals surface area contributed by atoms with Crippen molar-refractivity contribution in [3.05, 3.63) is 52.4 Å². The number of aromatic nitrogens is 4. The first-order chi connectivity index (χ1) is 11.6. The highest BCUT2D eigenvalue weighted by molar-refractivity contribution is 7.98. The third-order valence-electron chi connectivity index (χ3n) is 3.34. The van der Waals surface area contributed by atoms with Crippen LogP contribution in [0.25, 0.3) is 17.2 Å². The van der Waals surface area contributed by atoms with Crippen molar-refractivity contribution >= 4 is 41.2 Å². The van der Waals surface area contributed by atoms with Gasteiger partial charge in [-0.05, 0) is 30.5 Å². The number of thioether (sulfide) groups is 1. The summed E-state index contributed by atoms with van der Waals surface area (Å²) in [5.74, 6) is 1.28. The maximum absolute atomic E-state index is 11.0. The fraction of sp³-hybridized carbons (Fsp3) is 0.125. The van der Waals surface area contributed by atoms with E-state index in [9.17, 15) is 4.79 Å². The Bertz CT molecular complexity index is 898. The molecule has 0 aliphatic rings. The van der Waals surface area contributed by atoms with Crippen LogP contribution < -0.4 is 0 Å². The van der Waals surface area contributed by atoms with Crippen molar-refractivity contribution in [2.75, 3.05) is 6.26 Å². The number of rotatable bonds is 5. The molecule has 0 spiro atoms. The van der Waals surface area contributed by atoms with Crippen LogP contribution in [0.2, 0.25) is 10.0 Å². The molecule has 0 fully saturated rings. The second-order valence-electron chi connectivity index (χ2n) is 4.81. The lowest BCUT2D eigenvalue weighted by atomic mass is 10.2. The third-order valence-corrected chi connectivity index (χ3v) is 4.64. The van der Waals surface area contributed by atoms with E-state index in [1.807, 2.05) is 16.9 Å². The van der Waals surface area contributed by atoms with Gasteiger partial charge in [0, 0.05) is 24.4 Å². The molecule has 8 heteroatoms. The lowest BCUT2D eigenvalue weighted by Gasteiger charge is -2.11. The summed E-state index contributed by atoms with van der Waals surface area (Å²) in [4.78, 5) is 24.1. The first kappa shape index (κ1) is 17.0.